The monoisotopic (exact) mass is 575 g/mol. The summed E-state index contributed by atoms with van der Waals surface area (Å²) in [5, 5.41) is 5.29. The second-order valence-corrected chi connectivity index (χ2v) is 15.0. The predicted octanol–water partition coefficient (Wildman–Crippen LogP) is 0.652. The molecule has 216 valence electrons. The minimum atomic E-state index is -3.02. The molecule has 3 aromatic heterocycles. The molecule has 2 atom stereocenters. The zero-order valence-electron chi connectivity index (χ0n) is 25.3. The van der Waals surface area contributed by atoms with Gasteiger partial charge >= 0.3 is 0 Å². The average Bonchev–Trinajstić information content (AvgIpc) is 2.89. The summed E-state index contributed by atoms with van der Waals surface area (Å²) in [6, 6.07) is 4.01. The van der Waals surface area contributed by atoms with Crippen molar-refractivity contribution in [1.82, 2.24) is 19.9 Å². The molecule has 0 unspecified atom stereocenters. The fraction of sp³-hybridized carbons (Fsp3) is 0.556. The molecule has 0 bridgehead atoms. The molecule has 0 aliphatic carbocycles. The van der Waals surface area contributed by atoms with Crippen LogP contribution in [-0.2, 0) is 14.6 Å². The molecule has 0 spiro atoms. The van der Waals surface area contributed by atoms with E-state index in [2.05, 4.69) is 70.5 Å². The maximum atomic E-state index is 11.8. The van der Waals surface area contributed by atoms with Crippen LogP contribution in [0.3, 0.4) is 0 Å². The molecular weight excluding hydrogens is 535 g/mol. The summed E-state index contributed by atoms with van der Waals surface area (Å²) < 4.78 is 29.9. The summed E-state index contributed by atoms with van der Waals surface area (Å²) in [4.78, 5) is 23.3. The van der Waals surface area contributed by atoms with Crippen molar-refractivity contribution in [3.63, 3.8) is 0 Å². The normalized spacial score (nSPS) is 20.4. The standard InChI is InChI=1S/C27H40B3N7O3S/c1-16(2)21-12-33-25(37-14-18(17(37)3)15-41(4,38)39)22-13-32-24(11-20(21)22)34-23-5-8-31-26(35-23)36-9-6-19(7-10-36)40-27(28,29)30/h5,8,11-13,16-19H,6-7,9-10,14-15,28-30H2,1-4H3,(H,31,32,34,35)/t17-,18-/m1/s1. The summed E-state index contributed by atoms with van der Waals surface area (Å²) >= 11 is 0. The van der Waals surface area contributed by atoms with E-state index < -0.39 is 9.84 Å². The number of ether oxygens (including phenoxy) is 1. The number of hydrogen-bond acceptors (Lipinski definition) is 10. The van der Waals surface area contributed by atoms with E-state index in [1.165, 1.54) is 6.26 Å². The molecule has 3 aromatic rings. The van der Waals surface area contributed by atoms with Crippen molar-refractivity contribution in [1.29, 1.82) is 0 Å². The van der Waals surface area contributed by atoms with Gasteiger partial charge in [0.25, 0.3) is 0 Å². The first-order valence-corrected chi connectivity index (χ1v) is 16.6. The Morgan fingerprint density at radius 3 is 2.46 bits per heavy atom. The van der Waals surface area contributed by atoms with Gasteiger partial charge in [-0.1, -0.05) is 13.8 Å². The van der Waals surface area contributed by atoms with Gasteiger partial charge in [0.15, 0.2) is 0 Å². The first-order valence-electron chi connectivity index (χ1n) is 14.5. The molecule has 1 N–H and O–H groups in total. The molecule has 5 heterocycles. The Morgan fingerprint density at radius 2 is 1.83 bits per heavy atom. The lowest BCUT2D eigenvalue weighted by molar-refractivity contribution is 0.0305. The van der Waals surface area contributed by atoms with Gasteiger partial charge in [-0.2, -0.15) is 4.98 Å². The maximum absolute atomic E-state index is 11.8. The average molecular weight is 575 g/mol. The number of aromatic nitrogens is 4. The van der Waals surface area contributed by atoms with Crippen LogP contribution < -0.4 is 15.1 Å². The number of sulfone groups is 1. The van der Waals surface area contributed by atoms with Gasteiger partial charge in [0.05, 0.1) is 11.9 Å². The second-order valence-electron chi connectivity index (χ2n) is 12.8. The van der Waals surface area contributed by atoms with E-state index in [1.54, 1.807) is 6.20 Å². The van der Waals surface area contributed by atoms with E-state index in [1.807, 2.05) is 18.5 Å². The molecule has 2 aliphatic heterocycles. The van der Waals surface area contributed by atoms with Crippen molar-refractivity contribution in [3.05, 3.63) is 36.3 Å². The molecule has 0 aromatic carbocycles. The third-order valence-corrected chi connectivity index (χ3v) is 8.98. The number of fused-ring (bicyclic) bond motifs is 1. The molecule has 5 rings (SSSR count). The lowest BCUT2D eigenvalue weighted by Gasteiger charge is -2.47. The highest BCUT2D eigenvalue weighted by atomic mass is 32.2. The highest BCUT2D eigenvalue weighted by Crippen LogP contribution is 2.38. The van der Waals surface area contributed by atoms with Crippen LogP contribution in [0.15, 0.2) is 30.7 Å². The Bertz CT molecular complexity index is 1510. The van der Waals surface area contributed by atoms with Crippen LogP contribution in [0.1, 0.15) is 45.1 Å². The van der Waals surface area contributed by atoms with Crippen molar-refractivity contribution in [3.8, 4) is 0 Å². The lowest BCUT2D eigenvalue weighted by Crippen LogP contribution is -2.57. The fourth-order valence-electron chi connectivity index (χ4n) is 5.82. The summed E-state index contributed by atoms with van der Waals surface area (Å²) in [7, 11) is 3.28. The minimum Gasteiger partial charge on any atom is -0.397 e. The Balaban J connectivity index is 1.34. The van der Waals surface area contributed by atoms with Crippen LogP contribution in [0.5, 0.6) is 0 Å². The topological polar surface area (TPSA) is 113 Å². The van der Waals surface area contributed by atoms with Crippen LogP contribution in [-0.4, -0.2) is 101 Å². The maximum Gasteiger partial charge on any atom is 0.227 e. The van der Waals surface area contributed by atoms with Gasteiger partial charge < -0.3 is 19.9 Å². The highest BCUT2D eigenvalue weighted by molar-refractivity contribution is 7.90. The van der Waals surface area contributed by atoms with Gasteiger partial charge in [0.1, 0.15) is 50.8 Å². The molecule has 2 aliphatic rings. The van der Waals surface area contributed by atoms with E-state index in [9.17, 15) is 8.42 Å². The predicted molar refractivity (Wildman–Crippen MR) is 174 cm³/mol. The molecule has 0 radical (unpaired) electrons. The number of piperidine rings is 1. The Hall–Kier alpha value is -2.86. The summed E-state index contributed by atoms with van der Waals surface area (Å²) in [6.45, 7) is 8.76. The van der Waals surface area contributed by atoms with Crippen molar-refractivity contribution < 1.29 is 13.2 Å². The summed E-state index contributed by atoms with van der Waals surface area (Å²) in [5.74, 6) is 3.52. The van der Waals surface area contributed by atoms with Gasteiger partial charge in [-0.25, -0.2) is 23.4 Å². The molecule has 0 saturated carbocycles. The van der Waals surface area contributed by atoms with Gasteiger partial charge in [0, 0.05) is 61.8 Å². The van der Waals surface area contributed by atoms with E-state index in [-0.39, 0.29) is 35.0 Å². The smallest absolute Gasteiger partial charge is 0.227 e. The van der Waals surface area contributed by atoms with Crippen LogP contribution in [0.2, 0.25) is 0 Å². The summed E-state index contributed by atoms with van der Waals surface area (Å²) in [6.07, 6.45) is 9.05. The SMILES string of the molecule is BC(B)(B)OC1CCN(c2nccc(Nc3cc4c(C(C)C)cnc(N5C[C@H](CS(C)(=O)=O)[C@H]5C)c4cn3)n2)CC1. The first-order chi connectivity index (χ1) is 19.3. The lowest BCUT2D eigenvalue weighted by atomic mass is 9.52. The number of anilines is 4. The number of nitrogens with one attached hydrogen (secondary N) is 1. The van der Waals surface area contributed by atoms with Gasteiger partial charge in [-0.05, 0) is 54.1 Å². The van der Waals surface area contributed by atoms with Crippen molar-refractivity contribution in [2.24, 2.45) is 5.92 Å². The molecule has 41 heavy (non-hydrogen) atoms. The zero-order valence-corrected chi connectivity index (χ0v) is 26.1. The number of pyridine rings is 2. The highest BCUT2D eigenvalue weighted by Gasteiger charge is 2.39. The molecule has 2 saturated heterocycles. The zero-order chi connectivity index (χ0) is 29.5. The molecule has 14 heteroatoms. The quantitative estimate of drug-likeness (QED) is 0.365. The molecule has 0 amide bonds. The van der Waals surface area contributed by atoms with Gasteiger partial charge in [-0.3, -0.25) is 0 Å². The number of nitrogens with zero attached hydrogens (tertiary/aromatic N) is 6. The Kier molecular flexibility index (Phi) is 8.26. The number of hydrogen-bond donors (Lipinski definition) is 1. The second kappa shape index (κ2) is 11.4. The molecular formula is C27H40B3N7O3S. The van der Waals surface area contributed by atoms with E-state index in [0.29, 0.717) is 24.1 Å². The first kappa shape index (κ1) is 29.6. The molecule has 2 fully saturated rings. The van der Waals surface area contributed by atoms with Crippen molar-refractivity contribution in [2.45, 2.75) is 57.0 Å². The van der Waals surface area contributed by atoms with Crippen LogP contribution in [0.25, 0.3) is 10.8 Å². The van der Waals surface area contributed by atoms with Crippen LogP contribution >= 0.6 is 0 Å². The minimum absolute atomic E-state index is 0.0904. The number of rotatable bonds is 9. The Morgan fingerprint density at radius 1 is 1.10 bits per heavy atom. The van der Waals surface area contributed by atoms with Crippen molar-refractivity contribution >= 4 is 67.6 Å². The van der Waals surface area contributed by atoms with E-state index in [0.717, 1.165) is 48.1 Å². The van der Waals surface area contributed by atoms with Crippen LogP contribution in [0.4, 0.5) is 23.4 Å². The summed E-state index contributed by atoms with van der Waals surface area (Å²) in [5.41, 5.74) is 1.14. The van der Waals surface area contributed by atoms with Gasteiger partial charge in [-0.15, -0.1) is 0 Å². The largest absolute Gasteiger partial charge is 0.397 e. The van der Waals surface area contributed by atoms with Crippen molar-refractivity contribution in [2.75, 3.05) is 46.8 Å². The third-order valence-electron chi connectivity index (χ3n) is 7.94. The Labute approximate surface area is 246 Å². The third kappa shape index (κ3) is 6.97. The van der Waals surface area contributed by atoms with Gasteiger partial charge in [0.2, 0.25) is 5.95 Å². The van der Waals surface area contributed by atoms with E-state index >= 15 is 0 Å². The van der Waals surface area contributed by atoms with E-state index in [4.69, 9.17) is 19.7 Å². The molecule has 10 nitrogen and oxygen atoms in total. The fourth-order valence-corrected chi connectivity index (χ4v) is 6.98. The van der Waals surface area contributed by atoms with Crippen LogP contribution in [0, 0.1) is 5.92 Å².